The first-order chi connectivity index (χ1) is 12.7. The molecule has 3 N–H and O–H groups in total. The Hall–Kier alpha value is -2.76. The topological polar surface area (TPSA) is 109 Å². The van der Waals surface area contributed by atoms with Gasteiger partial charge in [0.15, 0.2) is 5.82 Å². The minimum atomic E-state index is -4.55. The number of hydrogen-bond acceptors (Lipinski definition) is 6. The van der Waals surface area contributed by atoms with Crippen LogP contribution in [0.4, 0.5) is 18.0 Å². The zero-order valence-corrected chi connectivity index (χ0v) is 14.9. The highest BCUT2D eigenvalue weighted by Gasteiger charge is 2.28. The zero-order chi connectivity index (χ0) is 19.9. The first-order valence-electron chi connectivity index (χ1n) is 7.60. The first kappa shape index (κ1) is 20.6. The molecule has 0 bridgehead atoms. The van der Waals surface area contributed by atoms with Crippen LogP contribution in [0.25, 0.3) is 0 Å². The summed E-state index contributed by atoms with van der Waals surface area (Å²) in [6.45, 7) is 0.523. The highest BCUT2D eigenvalue weighted by atomic mass is 32.2. The number of aryl methyl sites for hydroxylation is 1. The minimum absolute atomic E-state index is 0.143. The Morgan fingerprint density at radius 3 is 2.74 bits per heavy atom. The number of benzene rings is 1. The molecule has 12 heteroatoms. The number of H-pyrrole nitrogens is 1. The van der Waals surface area contributed by atoms with Crippen LogP contribution in [0.1, 0.15) is 11.4 Å². The number of para-hydroxylation sites is 1. The third-order valence-electron chi connectivity index (χ3n) is 3.00. The smallest absolute Gasteiger partial charge is 0.405 e. The number of thioether (sulfide) groups is 1. The average molecular weight is 403 g/mol. The number of rotatable bonds is 7. The minimum Gasteiger partial charge on any atom is -0.485 e. The molecule has 27 heavy (non-hydrogen) atoms. The fourth-order valence-corrected chi connectivity index (χ4v) is 2.41. The monoisotopic (exact) mass is 403 g/mol. The zero-order valence-electron chi connectivity index (χ0n) is 14.1. The number of amides is 3. The second kappa shape index (κ2) is 9.26. The third-order valence-corrected chi connectivity index (χ3v) is 3.85. The number of nitrogens with one attached hydrogen (secondary N) is 3. The quantitative estimate of drug-likeness (QED) is 0.612. The molecule has 1 aromatic heterocycles. The third kappa shape index (κ3) is 7.56. The van der Waals surface area contributed by atoms with Crippen molar-refractivity contribution < 1.29 is 27.5 Å². The summed E-state index contributed by atoms with van der Waals surface area (Å²) >= 11 is 0.917. The Kier molecular flexibility index (Phi) is 7.05. The molecule has 0 radical (unpaired) electrons. The van der Waals surface area contributed by atoms with E-state index in [1.807, 2.05) is 31.2 Å². The van der Waals surface area contributed by atoms with E-state index in [9.17, 15) is 22.8 Å². The van der Waals surface area contributed by atoms with Gasteiger partial charge in [0, 0.05) is 0 Å². The van der Waals surface area contributed by atoms with E-state index in [-0.39, 0.29) is 17.5 Å². The second-order valence-electron chi connectivity index (χ2n) is 5.25. The van der Waals surface area contributed by atoms with Crippen molar-refractivity contribution in [1.29, 1.82) is 0 Å². The number of carbonyl (C=O) groups excluding carboxylic acids is 2. The van der Waals surface area contributed by atoms with E-state index in [1.165, 1.54) is 5.32 Å². The Bertz CT molecular complexity index is 797. The molecule has 0 aliphatic carbocycles. The van der Waals surface area contributed by atoms with Crippen molar-refractivity contribution in [3.8, 4) is 5.75 Å². The van der Waals surface area contributed by atoms with Crippen molar-refractivity contribution in [3.63, 3.8) is 0 Å². The fourth-order valence-electron chi connectivity index (χ4n) is 1.79. The maximum Gasteiger partial charge on any atom is 0.405 e. The molecule has 0 fully saturated rings. The van der Waals surface area contributed by atoms with E-state index in [1.54, 1.807) is 5.32 Å². The highest BCUT2D eigenvalue weighted by molar-refractivity contribution is 7.99. The number of halogens is 3. The molecule has 3 amide bonds. The molecule has 8 nitrogen and oxygen atoms in total. The molecular formula is C15H16F3N5O3S. The summed E-state index contributed by atoms with van der Waals surface area (Å²) in [5, 5.41) is 10.1. The van der Waals surface area contributed by atoms with Gasteiger partial charge in [-0.05, 0) is 18.6 Å². The maximum absolute atomic E-state index is 12.0. The van der Waals surface area contributed by atoms with Crippen LogP contribution in [-0.4, -0.2) is 45.6 Å². The van der Waals surface area contributed by atoms with Crippen LogP contribution in [0.15, 0.2) is 29.4 Å². The van der Waals surface area contributed by atoms with Gasteiger partial charge in [0.05, 0.1) is 5.75 Å². The first-order valence-corrected chi connectivity index (χ1v) is 8.58. The molecule has 0 unspecified atom stereocenters. The van der Waals surface area contributed by atoms with Crippen LogP contribution in [0.2, 0.25) is 0 Å². The number of imide groups is 1. The molecule has 146 valence electrons. The number of ether oxygens (including phenoxy) is 1. The summed E-state index contributed by atoms with van der Waals surface area (Å²) in [7, 11) is 0. The van der Waals surface area contributed by atoms with Gasteiger partial charge in [-0.15, -0.1) is 5.10 Å². The number of carbonyl (C=O) groups is 2. The summed E-state index contributed by atoms with van der Waals surface area (Å²) < 4.78 is 41.5. The predicted octanol–water partition coefficient (Wildman–Crippen LogP) is 2.17. The molecule has 0 aliphatic heterocycles. The van der Waals surface area contributed by atoms with Crippen LogP contribution in [0, 0.1) is 6.92 Å². The van der Waals surface area contributed by atoms with Gasteiger partial charge < -0.3 is 10.1 Å². The van der Waals surface area contributed by atoms with Crippen LogP contribution < -0.4 is 15.4 Å². The number of urea groups is 1. The lowest BCUT2D eigenvalue weighted by Gasteiger charge is -2.08. The summed E-state index contributed by atoms with van der Waals surface area (Å²) in [5.74, 6) is 0.119. The van der Waals surface area contributed by atoms with Gasteiger partial charge in [0.1, 0.15) is 18.9 Å². The molecule has 0 aliphatic rings. The number of aromatic amines is 1. The largest absolute Gasteiger partial charge is 0.485 e. The fraction of sp³-hybridized carbons (Fsp3) is 0.333. The van der Waals surface area contributed by atoms with Crippen LogP contribution in [0.5, 0.6) is 5.75 Å². The Balaban J connectivity index is 1.73. The summed E-state index contributed by atoms with van der Waals surface area (Å²) in [6, 6.07) is 6.23. The van der Waals surface area contributed by atoms with Crippen molar-refractivity contribution in [2.45, 2.75) is 24.9 Å². The predicted molar refractivity (Wildman–Crippen MR) is 90.2 cm³/mol. The standard InChI is InChI=1S/C15H16F3N5O3S/c1-9-4-2-3-5-10(9)26-6-11-20-14(23-22-11)27-7-12(24)21-13(25)19-8-15(16,17)18/h2-5H,6-8H2,1H3,(H,20,22,23)(H2,19,21,24,25). The molecule has 0 saturated carbocycles. The molecule has 2 rings (SSSR count). The average Bonchev–Trinajstić information content (AvgIpc) is 3.05. The van der Waals surface area contributed by atoms with Crippen molar-refractivity contribution in [2.24, 2.45) is 0 Å². The van der Waals surface area contributed by atoms with Gasteiger partial charge in [-0.2, -0.15) is 13.2 Å². The Morgan fingerprint density at radius 1 is 1.30 bits per heavy atom. The maximum atomic E-state index is 12.0. The number of aromatic nitrogens is 3. The van der Waals surface area contributed by atoms with Gasteiger partial charge in [-0.1, -0.05) is 30.0 Å². The summed E-state index contributed by atoms with van der Waals surface area (Å²) in [5.41, 5.74) is 0.965. The molecule has 0 spiro atoms. The van der Waals surface area contributed by atoms with E-state index in [0.29, 0.717) is 11.6 Å². The molecule has 0 saturated heterocycles. The molecule has 0 atom stereocenters. The molecule has 1 heterocycles. The van der Waals surface area contributed by atoms with E-state index in [0.717, 1.165) is 17.3 Å². The number of nitrogens with zero attached hydrogens (tertiary/aromatic N) is 2. The SMILES string of the molecule is Cc1ccccc1OCc1nc(SCC(=O)NC(=O)NCC(F)(F)F)n[nH]1. The lowest BCUT2D eigenvalue weighted by Crippen LogP contribution is -2.43. The van der Waals surface area contributed by atoms with Crippen LogP contribution in [-0.2, 0) is 11.4 Å². The van der Waals surface area contributed by atoms with E-state index < -0.39 is 24.7 Å². The second-order valence-corrected chi connectivity index (χ2v) is 6.20. The lowest BCUT2D eigenvalue weighted by molar-refractivity contribution is -0.124. The van der Waals surface area contributed by atoms with E-state index >= 15 is 0 Å². The Morgan fingerprint density at radius 2 is 2.04 bits per heavy atom. The number of alkyl halides is 3. The number of hydrogen-bond donors (Lipinski definition) is 3. The molecular weight excluding hydrogens is 387 g/mol. The van der Waals surface area contributed by atoms with Crippen LogP contribution >= 0.6 is 11.8 Å². The van der Waals surface area contributed by atoms with Crippen LogP contribution in [0.3, 0.4) is 0 Å². The van der Waals surface area contributed by atoms with Gasteiger partial charge in [-0.25, -0.2) is 9.78 Å². The van der Waals surface area contributed by atoms with Gasteiger partial charge >= 0.3 is 12.2 Å². The van der Waals surface area contributed by atoms with Crippen molar-refractivity contribution >= 4 is 23.7 Å². The van der Waals surface area contributed by atoms with Gasteiger partial charge in [-0.3, -0.25) is 15.2 Å². The summed E-state index contributed by atoms with van der Waals surface area (Å²) in [6.07, 6.45) is -4.55. The van der Waals surface area contributed by atoms with Crippen molar-refractivity contribution in [2.75, 3.05) is 12.3 Å². The highest BCUT2D eigenvalue weighted by Crippen LogP contribution is 2.18. The molecule has 2 aromatic rings. The van der Waals surface area contributed by atoms with Crippen molar-refractivity contribution in [1.82, 2.24) is 25.8 Å². The van der Waals surface area contributed by atoms with Gasteiger partial charge in [0.25, 0.3) is 0 Å². The summed E-state index contributed by atoms with van der Waals surface area (Å²) in [4.78, 5) is 26.8. The Labute approximate surface area is 156 Å². The molecule has 1 aromatic carbocycles. The van der Waals surface area contributed by atoms with E-state index in [4.69, 9.17) is 4.74 Å². The van der Waals surface area contributed by atoms with Gasteiger partial charge in [0.2, 0.25) is 11.1 Å². The lowest BCUT2D eigenvalue weighted by atomic mass is 10.2. The van der Waals surface area contributed by atoms with E-state index in [2.05, 4.69) is 15.2 Å². The normalized spacial score (nSPS) is 11.1. The van der Waals surface area contributed by atoms with Crippen molar-refractivity contribution in [3.05, 3.63) is 35.7 Å².